The number of carbonyl (C=O) groups excluding carboxylic acids is 1. The van der Waals surface area contributed by atoms with E-state index >= 15 is 0 Å². The van der Waals surface area contributed by atoms with Crippen LogP contribution in [0.4, 0.5) is 5.82 Å². The number of benzene rings is 1. The first-order valence-corrected chi connectivity index (χ1v) is 13.0. The van der Waals surface area contributed by atoms with Crippen molar-refractivity contribution in [1.82, 2.24) is 24.8 Å². The summed E-state index contributed by atoms with van der Waals surface area (Å²) in [6.45, 7) is 3.96. The second-order valence-corrected chi connectivity index (χ2v) is 9.86. The third-order valence-electron chi connectivity index (χ3n) is 6.26. The molecule has 1 aliphatic heterocycles. The number of fused-ring (bicyclic) bond motifs is 1. The van der Waals surface area contributed by atoms with Gasteiger partial charge in [-0.3, -0.25) is 4.79 Å². The molecule has 0 unspecified atom stereocenters. The molecule has 0 radical (unpaired) electrons. The summed E-state index contributed by atoms with van der Waals surface area (Å²) >= 11 is 1.59. The molecule has 1 amide bonds. The molecule has 1 atom stereocenters. The second kappa shape index (κ2) is 11.2. The minimum atomic E-state index is -0.998. The van der Waals surface area contributed by atoms with Gasteiger partial charge < -0.3 is 24.7 Å². The van der Waals surface area contributed by atoms with E-state index < -0.39 is 12.7 Å². The van der Waals surface area contributed by atoms with E-state index in [-0.39, 0.29) is 18.5 Å². The molecule has 37 heavy (non-hydrogen) atoms. The maximum Gasteiger partial charge on any atom is 0.319 e. The van der Waals surface area contributed by atoms with E-state index in [0.29, 0.717) is 31.7 Å². The predicted molar refractivity (Wildman–Crippen MR) is 141 cm³/mol. The summed E-state index contributed by atoms with van der Waals surface area (Å²) in [6.07, 6.45) is 4.87. The lowest BCUT2D eigenvalue weighted by Gasteiger charge is -2.35. The van der Waals surface area contributed by atoms with Gasteiger partial charge in [0.15, 0.2) is 0 Å². The topological polar surface area (TPSA) is 125 Å². The molecule has 3 aromatic heterocycles. The van der Waals surface area contributed by atoms with Crippen LogP contribution in [0.5, 0.6) is 6.01 Å². The van der Waals surface area contributed by atoms with Gasteiger partial charge in [-0.15, -0.1) is 11.3 Å². The number of rotatable bonds is 8. The van der Waals surface area contributed by atoms with Crippen molar-refractivity contribution in [3.05, 3.63) is 59.5 Å². The molecule has 0 aliphatic carbocycles. The van der Waals surface area contributed by atoms with Crippen molar-refractivity contribution in [3.8, 4) is 17.1 Å². The Morgan fingerprint density at radius 2 is 1.81 bits per heavy atom. The molecule has 1 saturated heterocycles. The van der Waals surface area contributed by atoms with Gasteiger partial charge in [0.05, 0.1) is 12.0 Å². The first kappa shape index (κ1) is 25.0. The Bertz CT molecular complexity index is 1360. The zero-order chi connectivity index (χ0) is 25.8. The van der Waals surface area contributed by atoms with Gasteiger partial charge >= 0.3 is 6.01 Å². The Balaban J connectivity index is 1.29. The van der Waals surface area contributed by atoms with Gasteiger partial charge in [-0.2, -0.15) is 9.97 Å². The lowest BCUT2D eigenvalue weighted by atomic mass is 10.1. The van der Waals surface area contributed by atoms with Crippen LogP contribution < -0.4 is 9.64 Å². The summed E-state index contributed by atoms with van der Waals surface area (Å²) in [5.74, 6) is 0.755. The van der Waals surface area contributed by atoms with Crippen LogP contribution in [0.3, 0.4) is 0 Å². The van der Waals surface area contributed by atoms with E-state index in [0.717, 1.165) is 33.6 Å². The number of aromatic nitrogens is 4. The molecular weight excluding hydrogens is 492 g/mol. The van der Waals surface area contributed by atoms with E-state index in [1.807, 2.05) is 29.2 Å². The number of hydrogen-bond donors (Lipinski definition) is 2. The second-order valence-electron chi connectivity index (χ2n) is 8.75. The van der Waals surface area contributed by atoms with Crippen LogP contribution in [0.25, 0.3) is 21.3 Å². The normalized spacial score (nSPS) is 14.7. The van der Waals surface area contributed by atoms with Crippen molar-refractivity contribution in [3.63, 3.8) is 0 Å². The number of amides is 1. The molecule has 4 heterocycles. The highest BCUT2D eigenvalue weighted by Gasteiger charge is 2.25. The van der Waals surface area contributed by atoms with E-state index in [2.05, 4.69) is 37.8 Å². The highest BCUT2D eigenvalue weighted by Crippen LogP contribution is 2.33. The smallest absolute Gasteiger partial charge is 0.319 e. The van der Waals surface area contributed by atoms with E-state index in [4.69, 9.17) is 9.84 Å². The molecule has 0 bridgehead atoms. The maximum atomic E-state index is 13.2. The van der Waals surface area contributed by atoms with Crippen LogP contribution >= 0.6 is 11.3 Å². The fourth-order valence-electron chi connectivity index (χ4n) is 4.20. The Morgan fingerprint density at radius 3 is 2.49 bits per heavy atom. The largest absolute Gasteiger partial charge is 0.461 e. The standard InChI is InChI=1S/C26H28N6O4S/c1-2-21-11-22-23(29-26(30-24(22)37-21)36-15-20(34)14-33)31-7-9-32(10-8-31)25(35)18-5-3-17(4-6-18)19-12-27-16-28-13-19/h3-6,11-13,16,20,33-34H,2,7-10,14-15H2,1H3/t20-/m1/s1. The first-order chi connectivity index (χ1) is 18.1. The summed E-state index contributed by atoms with van der Waals surface area (Å²) in [7, 11) is 0. The zero-order valence-corrected chi connectivity index (χ0v) is 21.3. The Morgan fingerprint density at radius 1 is 1.08 bits per heavy atom. The number of ether oxygens (including phenoxy) is 1. The summed E-state index contributed by atoms with van der Waals surface area (Å²) in [5, 5.41) is 19.7. The Hall–Kier alpha value is -3.67. The van der Waals surface area contributed by atoms with Gasteiger partial charge in [0.25, 0.3) is 5.91 Å². The molecule has 1 fully saturated rings. The number of piperazine rings is 1. The van der Waals surface area contributed by atoms with E-state index in [9.17, 15) is 9.90 Å². The van der Waals surface area contributed by atoms with Crippen LogP contribution in [0.15, 0.2) is 49.1 Å². The number of thiophene rings is 1. The van der Waals surface area contributed by atoms with Gasteiger partial charge in [-0.05, 0) is 30.2 Å². The maximum absolute atomic E-state index is 13.2. The highest BCUT2D eigenvalue weighted by molar-refractivity contribution is 7.18. The molecule has 4 aromatic rings. The molecule has 0 spiro atoms. The average Bonchev–Trinajstić information content (AvgIpc) is 3.39. The van der Waals surface area contributed by atoms with Crippen LogP contribution in [0.1, 0.15) is 22.2 Å². The highest BCUT2D eigenvalue weighted by atomic mass is 32.1. The number of carbonyl (C=O) groups is 1. The molecule has 5 rings (SSSR count). The van der Waals surface area contributed by atoms with Crippen LogP contribution in [-0.2, 0) is 6.42 Å². The van der Waals surface area contributed by atoms with Crippen LogP contribution in [0, 0.1) is 0 Å². The zero-order valence-electron chi connectivity index (χ0n) is 20.4. The first-order valence-electron chi connectivity index (χ1n) is 12.2. The summed E-state index contributed by atoms with van der Waals surface area (Å²) in [4.78, 5) is 36.4. The van der Waals surface area contributed by atoms with E-state index in [1.165, 1.54) is 11.2 Å². The van der Waals surface area contributed by atoms with Crippen LogP contribution in [0.2, 0.25) is 0 Å². The number of aliphatic hydroxyl groups excluding tert-OH is 2. The number of anilines is 1. The molecule has 192 valence electrons. The lowest BCUT2D eigenvalue weighted by Crippen LogP contribution is -2.49. The summed E-state index contributed by atoms with van der Waals surface area (Å²) in [6, 6.07) is 9.79. The van der Waals surface area contributed by atoms with Crippen molar-refractivity contribution >= 4 is 33.3 Å². The monoisotopic (exact) mass is 520 g/mol. The van der Waals surface area contributed by atoms with Gasteiger partial charge in [0.2, 0.25) is 0 Å². The number of aryl methyl sites for hydroxylation is 1. The summed E-state index contributed by atoms with van der Waals surface area (Å²) < 4.78 is 5.58. The average molecular weight is 521 g/mol. The van der Waals surface area contributed by atoms with Gasteiger partial charge in [0, 0.05) is 54.6 Å². The van der Waals surface area contributed by atoms with Crippen molar-refractivity contribution in [2.45, 2.75) is 19.4 Å². The molecular formula is C26H28N6O4S. The van der Waals surface area contributed by atoms with Gasteiger partial charge in [-0.25, -0.2) is 9.97 Å². The molecule has 10 nitrogen and oxygen atoms in total. The molecule has 2 N–H and O–H groups in total. The Labute approximate surface area is 218 Å². The van der Waals surface area contributed by atoms with Crippen LogP contribution in [-0.4, -0.2) is 86.5 Å². The summed E-state index contributed by atoms with van der Waals surface area (Å²) in [5.41, 5.74) is 2.50. The third-order valence-corrected chi connectivity index (χ3v) is 7.43. The van der Waals surface area contributed by atoms with Gasteiger partial charge in [0.1, 0.15) is 29.7 Å². The molecule has 11 heteroatoms. The fourth-order valence-corrected chi connectivity index (χ4v) is 5.15. The van der Waals surface area contributed by atoms with Crippen molar-refractivity contribution in [1.29, 1.82) is 0 Å². The van der Waals surface area contributed by atoms with E-state index in [1.54, 1.807) is 23.7 Å². The minimum Gasteiger partial charge on any atom is -0.461 e. The Kier molecular flexibility index (Phi) is 7.54. The molecule has 0 saturated carbocycles. The lowest BCUT2D eigenvalue weighted by molar-refractivity contribution is 0.0506. The SMILES string of the molecule is CCc1cc2c(N3CCN(C(=O)c4ccc(-c5cncnc5)cc4)CC3)nc(OC[C@H](O)CO)nc2s1. The minimum absolute atomic E-state index is 0.00541. The third kappa shape index (κ3) is 5.53. The number of nitrogens with zero attached hydrogens (tertiary/aromatic N) is 6. The van der Waals surface area contributed by atoms with Crippen molar-refractivity contribution in [2.75, 3.05) is 44.3 Å². The van der Waals surface area contributed by atoms with Crippen molar-refractivity contribution in [2.24, 2.45) is 0 Å². The molecule has 1 aromatic carbocycles. The van der Waals surface area contributed by atoms with Crippen molar-refractivity contribution < 1.29 is 19.7 Å². The number of aliphatic hydroxyl groups is 2. The fraction of sp³-hybridized carbons (Fsp3) is 0.346. The predicted octanol–water partition coefficient (Wildman–Crippen LogP) is 2.41. The molecule has 1 aliphatic rings. The quantitative estimate of drug-likeness (QED) is 0.360. The number of hydrogen-bond acceptors (Lipinski definition) is 10. The van der Waals surface area contributed by atoms with Gasteiger partial charge in [-0.1, -0.05) is 19.1 Å².